The number of unbranched alkanes of at least 4 members (excludes halogenated alkanes) is 16. The molecule has 2 amide bonds. The van der Waals surface area contributed by atoms with Crippen LogP contribution >= 0.6 is 0 Å². The normalized spacial score (nSPS) is 14.3. The lowest BCUT2D eigenvalue weighted by Crippen LogP contribution is -2.59. The molecule has 46 heavy (non-hydrogen) atoms. The van der Waals surface area contributed by atoms with Crippen LogP contribution in [0.15, 0.2) is 29.2 Å². The Labute approximate surface area is 281 Å². The van der Waals surface area contributed by atoms with Gasteiger partial charge in [0, 0.05) is 19.4 Å². The molecule has 1 aromatic carbocycles. The standard InChI is InChI=1S/C37H64N2O5S.H3N/c1-5-6-7-8-9-10-11-12-13-14-15-16-17-18-19-20-21-23-35(40)38-34(37(3,4)39-30-22-24-36(39)41)29-31-44-45(42,43)33-27-25-32(2)26-28-33;/h25-28,34H,5-24,29-31H2,1-4H3,(H,38,40);1H3. The molecule has 0 radical (unpaired) electrons. The zero-order valence-electron chi connectivity index (χ0n) is 29.8. The van der Waals surface area contributed by atoms with Gasteiger partial charge >= 0.3 is 0 Å². The number of hydrogen-bond acceptors (Lipinski definition) is 6. The van der Waals surface area contributed by atoms with Gasteiger partial charge in [-0.3, -0.25) is 13.8 Å². The quantitative estimate of drug-likeness (QED) is 0.0750. The maximum absolute atomic E-state index is 13.0. The van der Waals surface area contributed by atoms with Gasteiger partial charge in [-0.05, 0) is 52.2 Å². The first kappa shape index (κ1) is 42.1. The molecule has 0 aromatic heterocycles. The Morgan fingerprint density at radius 2 is 1.33 bits per heavy atom. The molecule has 266 valence electrons. The average Bonchev–Trinajstić information content (AvgIpc) is 3.45. The van der Waals surface area contributed by atoms with Crippen LogP contribution in [0.25, 0.3) is 0 Å². The van der Waals surface area contributed by atoms with Crippen molar-refractivity contribution in [3.05, 3.63) is 29.8 Å². The molecule has 1 aromatic rings. The zero-order valence-corrected chi connectivity index (χ0v) is 30.6. The van der Waals surface area contributed by atoms with Crippen molar-refractivity contribution in [3.63, 3.8) is 0 Å². The number of carbonyl (C=O) groups excluding carboxylic acids is 2. The van der Waals surface area contributed by atoms with Crippen LogP contribution in [0.1, 0.15) is 161 Å². The number of likely N-dealkylation sites (tertiary alicyclic amines) is 1. The van der Waals surface area contributed by atoms with E-state index >= 15 is 0 Å². The fourth-order valence-electron chi connectivity index (χ4n) is 6.37. The molecule has 1 aliphatic heterocycles. The van der Waals surface area contributed by atoms with Crippen LogP contribution < -0.4 is 11.5 Å². The van der Waals surface area contributed by atoms with Gasteiger partial charge in [-0.2, -0.15) is 8.42 Å². The summed E-state index contributed by atoms with van der Waals surface area (Å²) >= 11 is 0. The monoisotopic (exact) mass is 665 g/mol. The molecule has 0 saturated carbocycles. The van der Waals surface area contributed by atoms with E-state index in [2.05, 4.69) is 12.2 Å². The Morgan fingerprint density at radius 1 is 0.848 bits per heavy atom. The maximum Gasteiger partial charge on any atom is 0.296 e. The van der Waals surface area contributed by atoms with Gasteiger partial charge in [-0.1, -0.05) is 127 Å². The van der Waals surface area contributed by atoms with E-state index in [0.29, 0.717) is 19.4 Å². The predicted molar refractivity (Wildman–Crippen MR) is 190 cm³/mol. The topological polar surface area (TPSA) is 128 Å². The molecule has 0 bridgehead atoms. The van der Waals surface area contributed by atoms with Crippen LogP contribution in [0.2, 0.25) is 0 Å². The molecule has 0 spiro atoms. The van der Waals surface area contributed by atoms with Crippen molar-refractivity contribution in [2.45, 2.75) is 179 Å². The van der Waals surface area contributed by atoms with Gasteiger partial charge in [-0.15, -0.1) is 0 Å². The van der Waals surface area contributed by atoms with E-state index < -0.39 is 21.7 Å². The minimum absolute atomic E-state index is 0. The van der Waals surface area contributed by atoms with Crippen molar-refractivity contribution in [2.75, 3.05) is 13.2 Å². The van der Waals surface area contributed by atoms with Crippen molar-refractivity contribution < 1.29 is 22.2 Å². The number of carbonyl (C=O) groups is 2. The highest BCUT2D eigenvalue weighted by Gasteiger charge is 2.41. The Balaban J connectivity index is 0.0000106. The molecule has 1 saturated heterocycles. The van der Waals surface area contributed by atoms with E-state index in [4.69, 9.17) is 4.18 Å². The van der Waals surface area contributed by atoms with Crippen LogP contribution in [0.5, 0.6) is 0 Å². The second-order valence-corrected chi connectivity index (χ2v) is 15.3. The van der Waals surface area contributed by atoms with Gasteiger partial charge in [0.15, 0.2) is 0 Å². The summed E-state index contributed by atoms with van der Waals surface area (Å²) in [4.78, 5) is 27.5. The fraction of sp³-hybridized carbons (Fsp3) is 0.784. The number of amides is 2. The van der Waals surface area contributed by atoms with E-state index in [1.807, 2.05) is 25.7 Å². The molecule has 2 rings (SSSR count). The van der Waals surface area contributed by atoms with Crippen molar-refractivity contribution in [1.29, 1.82) is 0 Å². The van der Waals surface area contributed by atoms with Crippen molar-refractivity contribution >= 4 is 21.9 Å². The lowest BCUT2D eigenvalue weighted by molar-refractivity contribution is -0.135. The molecular formula is C37H67N3O5S. The molecular weight excluding hydrogens is 598 g/mol. The number of benzene rings is 1. The molecule has 9 heteroatoms. The van der Waals surface area contributed by atoms with Crippen LogP contribution in [-0.4, -0.2) is 49.9 Å². The zero-order chi connectivity index (χ0) is 33.0. The minimum Gasteiger partial charge on any atom is -0.351 e. The summed E-state index contributed by atoms with van der Waals surface area (Å²) < 4.78 is 30.8. The molecule has 0 aliphatic carbocycles. The number of rotatable bonds is 26. The van der Waals surface area contributed by atoms with E-state index in [0.717, 1.165) is 31.2 Å². The SMILES string of the molecule is CCCCCCCCCCCCCCCCCCCC(=O)NC(CCOS(=O)(=O)c1ccc(C)cc1)C(C)(C)N1CCCC1=O.N. The van der Waals surface area contributed by atoms with Crippen molar-refractivity contribution in [3.8, 4) is 0 Å². The molecule has 8 nitrogen and oxygen atoms in total. The molecule has 4 N–H and O–H groups in total. The van der Waals surface area contributed by atoms with Gasteiger partial charge < -0.3 is 16.4 Å². The van der Waals surface area contributed by atoms with Crippen LogP contribution in [-0.2, 0) is 23.9 Å². The molecule has 1 fully saturated rings. The first-order valence-corrected chi connectivity index (χ1v) is 19.5. The Bertz CT molecular complexity index is 1070. The van der Waals surface area contributed by atoms with E-state index in [1.165, 1.54) is 102 Å². The van der Waals surface area contributed by atoms with E-state index in [9.17, 15) is 18.0 Å². The Morgan fingerprint density at radius 3 is 1.78 bits per heavy atom. The lowest BCUT2D eigenvalue weighted by Gasteiger charge is -2.42. The third-order valence-corrected chi connectivity index (χ3v) is 10.7. The first-order valence-electron chi connectivity index (χ1n) is 18.1. The fourth-order valence-corrected chi connectivity index (χ4v) is 7.29. The van der Waals surface area contributed by atoms with Gasteiger partial charge in [0.2, 0.25) is 11.8 Å². The molecule has 1 heterocycles. The second kappa shape index (κ2) is 23.4. The van der Waals surface area contributed by atoms with Gasteiger partial charge in [0.1, 0.15) is 0 Å². The van der Waals surface area contributed by atoms with E-state index in [1.54, 1.807) is 12.1 Å². The number of nitrogens with zero attached hydrogens (tertiary/aromatic N) is 1. The molecule has 1 unspecified atom stereocenters. The summed E-state index contributed by atoms with van der Waals surface area (Å²) in [6.07, 6.45) is 24.0. The van der Waals surface area contributed by atoms with Crippen LogP contribution in [0.4, 0.5) is 0 Å². The minimum atomic E-state index is -3.91. The van der Waals surface area contributed by atoms with Gasteiger partial charge in [0.25, 0.3) is 10.1 Å². The number of aryl methyl sites for hydroxylation is 1. The average molecular weight is 666 g/mol. The van der Waals surface area contributed by atoms with Gasteiger partial charge in [-0.25, -0.2) is 0 Å². The Kier molecular flexibility index (Phi) is 21.4. The second-order valence-electron chi connectivity index (χ2n) is 13.7. The first-order chi connectivity index (χ1) is 21.6. The largest absolute Gasteiger partial charge is 0.351 e. The summed E-state index contributed by atoms with van der Waals surface area (Å²) in [5.41, 5.74) is 0.308. The third kappa shape index (κ3) is 16.2. The highest BCUT2D eigenvalue weighted by atomic mass is 32.2. The summed E-state index contributed by atoms with van der Waals surface area (Å²) in [5, 5.41) is 3.14. The summed E-state index contributed by atoms with van der Waals surface area (Å²) in [5.74, 6) is 0.0164. The smallest absolute Gasteiger partial charge is 0.296 e. The Hall–Kier alpha value is -1.97. The lowest BCUT2D eigenvalue weighted by atomic mass is 9.90. The summed E-state index contributed by atoms with van der Waals surface area (Å²) in [6.45, 7) is 8.63. The highest BCUT2D eigenvalue weighted by Crippen LogP contribution is 2.28. The molecule has 1 atom stereocenters. The number of nitrogens with one attached hydrogen (secondary N) is 1. The molecule has 1 aliphatic rings. The summed E-state index contributed by atoms with van der Waals surface area (Å²) in [6, 6.07) is 6.12. The van der Waals surface area contributed by atoms with Gasteiger partial charge in [0.05, 0.1) is 23.1 Å². The summed E-state index contributed by atoms with van der Waals surface area (Å²) in [7, 11) is -3.91. The van der Waals surface area contributed by atoms with E-state index in [-0.39, 0.29) is 35.9 Å². The maximum atomic E-state index is 13.0. The predicted octanol–water partition coefficient (Wildman–Crippen LogP) is 9.18. The third-order valence-electron chi connectivity index (χ3n) is 9.42. The van der Waals surface area contributed by atoms with Crippen LogP contribution in [0.3, 0.4) is 0 Å². The highest BCUT2D eigenvalue weighted by molar-refractivity contribution is 7.86. The number of hydrogen-bond donors (Lipinski definition) is 2. The van der Waals surface area contributed by atoms with Crippen molar-refractivity contribution in [2.24, 2.45) is 0 Å². The van der Waals surface area contributed by atoms with Crippen LogP contribution in [0, 0.1) is 6.92 Å². The van der Waals surface area contributed by atoms with Crippen molar-refractivity contribution in [1.82, 2.24) is 16.4 Å².